The Bertz CT molecular complexity index is 558. The highest BCUT2D eigenvalue weighted by Crippen LogP contribution is 2.16. The molecule has 0 fully saturated rings. The smallest absolute Gasteiger partial charge is 0.0717 e. The molecule has 108 valence electrons. The van der Waals surface area contributed by atoms with Crippen molar-refractivity contribution >= 4 is 18.2 Å². The molecule has 0 aliphatic heterocycles. The van der Waals surface area contributed by atoms with Crippen LogP contribution in [0.4, 0.5) is 0 Å². The van der Waals surface area contributed by atoms with Crippen LogP contribution in [-0.4, -0.2) is 11.4 Å². The Hall–Kier alpha value is -2.20. The van der Waals surface area contributed by atoms with E-state index >= 15 is 0 Å². The van der Waals surface area contributed by atoms with Crippen molar-refractivity contribution in [2.24, 2.45) is 11.1 Å². The number of nitrogens with one attached hydrogen (secondary N) is 1. The van der Waals surface area contributed by atoms with Crippen molar-refractivity contribution in [1.29, 1.82) is 0 Å². The summed E-state index contributed by atoms with van der Waals surface area (Å²) in [6.07, 6.45) is 15.4. The van der Waals surface area contributed by atoms with Gasteiger partial charge in [-0.2, -0.15) is 0 Å². The lowest BCUT2D eigenvalue weighted by molar-refractivity contribution is 0.321. The number of nitrogens with zero attached hydrogens (tertiary/aromatic N) is 1. The molecule has 0 aromatic heterocycles. The maximum absolute atomic E-state index is 8.80. The Morgan fingerprint density at radius 2 is 1.86 bits per heavy atom. The minimum Gasteiger partial charge on any atom is -0.411 e. The summed E-state index contributed by atoms with van der Waals surface area (Å²) in [5.74, 6) is 0.972. The first kappa shape index (κ1) is 15.2. The lowest BCUT2D eigenvalue weighted by Crippen LogP contribution is -2.04. The van der Waals surface area contributed by atoms with Crippen LogP contribution in [0.1, 0.15) is 5.56 Å². The highest BCUT2D eigenvalue weighted by atomic mass is 32.2. The SMILES string of the molecule is O/N=C\C(=C\NSCc1ccccc1)C1C=CC=CC=C1. The monoisotopic (exact) mass is 298 g/mol. The molecule has 3 nitrogen and oxygen atoms in total. The van der Waals surface area contributed by atoms with Crippen molar-refractivity contribution in [3.63, 3.8) is 0 Å². The van der Waals surface area contributed by atoms with Crippen molar-refractivity contribution in [1.82, 2.24) is 4.72 Å². The summed E-state index contributed by atoms with van der Waals surface area (Å²) >= 11 is 1.60. The van der Waals surface area contributed by atoms with Crippen LogP contribution in [-0.2, 0) is 5.75 Å². The molecule has 0 atom stereocenters. The van der Waals surface area contributed by atoms with E-state index in [4.69, 9.17) is 5.21 Å². The predicted molar refractivity (Wildman–Crippen MR) is 90.1 cm³/mol. The van der Waals surface area contributed by atoms with Gasteiger partial charge in [-0.25, -0.2) is 0 Å². The summed E-state index contributed by atoms with van der Waals surface area (Å²) in [6.45, 7) is 0. The zero-order chi connectivity index (χ0) is 14.8. The molecule has 0 saturated carbocycles. The van der Waals surface area contributed by atoms with E-state index in [0.717, 1.165) is 11.3 Å². The number of hydrogen-bond donors (Lipinski definition) is 2. The molecule has 2 rings (SSSR count). The van der Waals surface area contributed by atoms with E-state index in [1.54, 1.807) is 11.9 Å². The van der Waals surface area contributed by atoms with Crippen LogP contribution in [0.2, 0.25) is 0 Å². The van der Waals surface area contributed by atoms with Crippen molar-refractivity contribution in [2.75, 3.05) is 0 Å². The Morgan fingerprint density at radius 3 is 2.52 bits per heavy atom. The molecule has 1 aromatic rings. The van der Waals surface area contributed by atoms with Gasteiger partial charge in [-0.3, -0.25) is 0 Å². The molecule has 0 unspecified atom stereocenters. The number of rotatable bonds is 6. The first-order chi connectivity index (χ1) is 10.4. The molecule has 0 bridgehead atoms. The maximum Gasteiger partial charge on any atom is 0.0717 e. The second-order valence-electron chi connectivity index (χ2n) is 4.46. The first-order valence-electron chi connectivity index (χ1n) is 6.70. The minimum atomic E-state index is 0.0979. The van der Waals surface area contributed by atoms with E-state index in [2.05, 4.69) is 34.2 Å². The molecule has 0 heterocycles. The molecule has 21 heavy (non-hydrogen) atoms. The molecule has 1 aromatic carbocycles. The van der Waals surface area contributed by atoms with Crippen molar-refractivity contribution in [2.45, 2.75) is 5.75 Å². The van der Waals surface area contributed by atoms with Crippen LogP contribution in [0.5, 0.6) is 0 Å². The zero-order valence-corrected chi connectivity index (χ0v) is 12.4. The Kier molecular flexibility index (Phi) is 6.42. The predicted octanol–water partition coefficient (Wildman–Crippen LogP) is 4.07. The summed E-state index contributed by atoms with van der Waals surface area (Å²) in [6, 6.07) is 10.3. The standard InChI is InChI=1S/C17H18N2OS/c20-18-12-17(16-10-6-1-2-7-11-16)13-19-21-14-15-8-4-3-5-9-15/h1-13,16,19-20H,14H2/b17-13-,18-12-. The Morgan fingerprint density at radius 1 is 1.14 bits per heavy atom. The van der Waals surface area contributed by atoms with Gasteiger partial charge in [0.2, 0.25) is 0 Å². The van der Waals surface area contributed by atoms with Crippen LogP contribution >= 0.6 is 11.9 Å². The quantitative estimate of drug-likeness (QED) is 0.274. The van der Waals surface area contributed by atoms with E-state index in [0.29, 0.717) is 0 Å². The van der Waals surface area contributed by atoms with Gasteiger partial charge in [-0.15, -0.1) is 0 Å². The van der Waals surface area contributed by atoms with Crippen molar-refractivity contribution in [3.05, 3.63) is 84.1 Å². The van der Waals surface area contributed by atoms with E-state index in [9.17, 15) is 0 Å². The summed E-state index contributed by atoms with van der Waals surface area (Å²) in [4.78, 5) is 0. The van der Waals surface area contributed by atoms with Gasteiger partial charge in [-0.05, 0) is 17.5 Å². The van der Waals surface area contributed by atoms with Gasteiger partial charge in [0.15, 0.2) is 0 Å². The molecule has 1 aliphatic rings. The number of benzene rings is 1. The normalized spacial score (nSPS) is 15.5. The fraction of sp³-hybridized carbons (Fsp3) is 0.118. The molecular weight excluding hydrogens is 280 g/mol. The fourth-order valence-electron chi connectivity index (χ4n) is 1.88. The third kappa shape index (κ3) is 5.36. The average molecular weight is 298 g/mol. The highest BCUT2D eigenvalue weighted by molar-refractivity contribution is 7.96. The summed E-state index contributed by atoms with van der Waals surface area (Å²) in [5.41, 5.74) is 2.16. The van der Waals surface area contributed by atoms with Gasteiger partial charge < -0.3 is 9.93 Å². The second kappa shape index (κ2) is 8.87. The van der Waals surface area contributed by atoms with E-state index in [1.165, 1.54) is 11.8 Å². The maximum atomic E-state index is 8.80. The van der Waals surface area contributed by atoms with Crippen LogP contribution < -0.4 is 4.72 Å². The van der Waals surface area contributed by atoms with Gasteiger partial charge in [0.05, 0.1) is 6.21 Å². The lowest BCUT2D eigenvalue weighted by Gasteiger charge is -2.09. The van der Waals surface area contributed by atoms with Crippen LogP contribution in [0.15, 0.2) is 83.7 Å². The molecule has 4 heteroatoms. The summed E-state index contributed by atoms with van der Waals surface area (Å²) < 4.78 is 3.20. The molecular formula is C17H18N2OS. The van der Waals surface area contributed by atoms with E-state index in [-0.39, 0.29) is 5.92 Å². The van der Waals surface area contributed by atoms with E-state index in [1.807, 2.05) is 48.7 Å². The van der Waals surface area contributed by atoms with Gasteiger partial charge in [-0.1, -0.05) is 71.9 Å². The molecule has 0 amide bonds. The molecule has 0 spiro atoms. The third-order valence-electron chi connectivity index (χ3n) is 2.95. The lowest BCUT2D eigenvalue weighted by atomic mass is 10.0. The van der Waals surface area contributed by atoms with E-state index < -0.39 is 0 Å². The average Bonchev–Trinajstić information content (AvgIpc) is 2.80. The van der Waals surface area contributed by atoms with Crippen molar-refractivity contribution in [3.8, 4) is 0 Å². The topological polar surface area (TPSA) is 44.6 Å². The molecule has 2 N–H and O–H groups in total. The largest absolute Gasteiger partial charge is 0.411 e. The highest BCUT2D eigenvalue weighted by Gasteiger charge is 2.06. The van der Waals surface area contributed by atoms with Gasteiger partial charge in [0.1, 0.15) is 0 Å². The molecule has 0 radical (unpaired) electrons. The molecule has 0 saturated heterocycles. The summed E-state index contributed by atoms with van der Waals surface area (Å²) in [7, 11) is 0. The fourth-order valence-corrected chi connectivity index (χ4v) is 2.54. The van der Waals surface area contributed by atoms with Crippen LogP contribution in [0, 0.1) is 5.92 Å². The van der Waals surface area contributed by atoms with Gasteiger partial charge in [0.25, 0.3) is 0 Å². The van der Waals surface area contributed by atoms with Crippen LogP contribution in [0.3, 0.4) is 0 Å². The second-order valence-corrected chi connectivity index (χ2v) is 5.27. The van der Waals surface area contributed by atoms with Crippen molar-refractivity contribution < 1.29 is 5.21 Å². The van der Waals surface area contributed by atoms with Gasteiger partial charge >= 0.3 is 0 Å². The summed E-state index contributed by atoms with van der Waals surface area (Å²) in [5, 5.41) is 12.0. The number of oxime groups is 1. The Balaban J connectivity index is 1.92. The molecule has 1 aliphatic carbocycles. The van der Waals surface area contributed by atoms with Gasteiger partial charge in [0, 0.05) is 23.4 Å². The Labute approximate surface area is 129 Å². The number of allylic oxidation sites excluding steroid dienone is 7. The first-order valence-corrected chi connectivity index (χ1v) is 7.69. The minimum absolute atomic E-state index is 0.0979. The number of hydrogen-bond acceptors (Lipinski definition) is 4. The zero-order valence-electron chi connectivity index (χ0n) is 11.6. The third-order valence-corrected chi connectivity index (χ3v) is 3.71. The van der Waals surface area contributed by atoms with Crippen LogP contribution in [0.25, 0.3) is 0 Å².